The number of carbonyl (C=O) groups is 3. The average molecular weight is 274 g/mol. The van der Waals surface area contributed by atoms with Gasteiger partial charge in [0, 0.05) is 24.2 Å². The number of benzene rings is 1. The van der Waals surface area contributed by atoms with E-state index in [0.29, 0.717) is 17.8 Å². The number of nitrogens with one attached hydrogen (secondary N) is 1. The van der Waals surface area contributed by atoms with Crippen LogP contribution in [0.25, 0.3) is 0 Å². The van der Waals surface area contributed by atoms with Crippen LogP contribution in [0.1, 0.15) is 43.1 Å². The van der Waals surface area contributed by atoms with Crippen molar-refractivity contribution in [2.45, 2.75) is 32.6 Å². The fourth-order valence-electron chi connectivity index (χ4n) is 2.10. The first kappa shape index (κ1) is 14.2. The van der Waals surface area contributed by atoms with Gasteiger partial charge in [-0.3, -0.25) is 19.8 Å². The lowest BCUT2D eigenvalue weighted by atomic mass is 9.86. The van der Waals surface area contributed by atoms with Crippen LogP contribution in [-0.2, 0) is 10.2 Å². The van der Waals surface area contributed by atoms with Gasteiger partial charge in [0.15, 0.2) is 0 Å². The summed E-state index contributed by atoms with van der Waals surface area (Å²) in [4.78, 5) is 35.6. The molecule has 1 heterocycles. The van der Waals surface area contributed by atoms with Gasteiger partial charge in [0.25, 0.3) is 0 Å². The van der Waals surface area contributed by atoms with E-state index in [1.54, 1.807) is 6.07 Å². The van der Waals surface area contributed by atoms with Crippen molar-refractivity contribution in [2.75, 3.05) is 11.4 Å². The summed E-state index contributed by atoms with van der Waals surface area (Å²) < 4.78 is 0. The number of hydrogen-bond acceptors (Lipinski definition) is 3. The van der Waals surface area contributed by atoms with Crippen LogP contribution in [-0.4, -0.2) is 24.8 Å². The Balaban J connectivity index is 2.43. The summed E-state index contributed by atoms with van der Waals surface area (Å²) in [5.74, 6) is -0.270. The highest BCUT2D eigenvalue weighted by Gasteiger charge is 2.25. The summed E-state index contributed by atoms with van der Waals surface area (Å²) in [5.41, 5.74) is 2.01. The Hall–Kier alpha value is -2.17. The van der Waals surface area contributed by atoms with Gasteiger partial charge in [0.1, 0.15) is 6.29 Å². The fourth-order valence-corrected chi connectivity index (χ4v) is 2.10. The second kappa shape index (κ2) is 5.07. The molecule has 1 aliphatic rings. The molecule has 106 valence electrons. The zero-order valence-corrected chi connectivity index (χ0v) is 11.9. The number of nitrogens with zero attached hydrogens (tertiary/aromatic N) is 1. The highest BCUT2D eigenvalue weighted by molar-refractivity contribution is 6.05. The SMILES string of the molecule is CC(C)(C)c1cc(C=O)cc(N2CCC(=O)NC2=O)c1. The van der Waals surface area contributed by atoms with E-state index in [0.717, 1.165) is 11.8 Å². The zero-order valence-electron chi connectivity index (χ0n) is 11.9. The Morgan fingerprint density at radius 3 is 2.45 bits per heavy atom. The molecule has 0 saturated carbocycles. The van der Waals surface area contributed by atoms with Crippen molar-refractivity contribution in [3.63, 3.8) is 0 Å². The fraction of sp³-hybridized carbons (Fsp3) is 0.400. The van der Waals surface area contributed by atoms with Crippen molar-refractivity contribution in [3.05, 3.63) is 29.3 Å². The first-order valence-electron chi connectivity index (χ1n) is 6.53. The van der Waals surface area contributed by atoms with Crippen LogP contribution in [0.4, 0.5) is 10.5 Å². The maximum atomic E-state index is 11.9. The van der Waals surface area contributed by atoms with Gasteiger partial charge in [0.2, 0.25) is 5.91 Å². The average Bonchev–Trinajstić information content (AvgIpc) is 2.37. The van der Waals surface area contributed by atoms with Gasteiger partial charge in [-0.15, -0.1) is 0 Å². The largest absolute Gasteiger partial charge is 0.328 e. The van der Waals surface area contributed by atoms with Gasteiger partial charge < -0.3 is 0 Å². The number of aldehydes is 1. The van der Waals surface area contributed by atoms with E-state index >= 15 is 0 Å². The van der Waals surface area contributed by atoms with E-state index in [-0.39, 0.29) is 17.7 Å². The quantitative estimate of drug-likeness (QED) is 0.841. The van der Waals surface area contributed by atoms with Crippen molar-refractivity contribution in [1.29, 1.82) is 0 Å². The molecule has 5 nitrogen and oxygen atoms in total. The summed E-state index contributed by atoms with van der Waals surface area (Å²) in [6.45, 7) is 6.46. The summed E-state index contributed by atoms with van der Waals surface area (Å²) in [5, 5.41) is 2.28. The van der Waals surface area contributed by atoms with Gasteiger partial charge in [-0.25, -0.2) is 4.79 Å². The Morgan fingerprint density at radius 2 is 1.90 bits per heavy atom. The van der Waals surface area contributed by atoms with Crippen LogP contribution in [0.5, 0.6) is 0 Å². The molecule has 1 saturated heterocycles. The Kier molecular flexibility index (Phi) is 3.61. The second-order valence-corrected chi connectivity index (χ2v) is 5.94. The molecule has 1 fully saturated rings. The van der Waals surface area contributed by atoms with E-state index < -0.39 is 6.03 Å². The number of amides is 3. The van der Waals surface area contributed by atoms with Crippen molar-refractivity contribution in [2.24, 2.45) is 0 Å². The standard InChI is InChI=1S/C15H18N2O3/c1-15(2,3)11-6-10(9-18)7-12(8-11)17-5-4-13(19)16-14(17)20/h6-9H,4-5H2,1-3H3,(H,16,19,20). The van der Waals surface area contributed by atoms with Gasteiger partial charge in [0.05, 0.1) is 0 Å². The Labute approximate surface area is 118 Å². The van der Waals surface area contributed by atoms with Crippen molar-refractivity contribution < 1.29 is 14.4 Å². The molecule has 0 atom stereocenters. The van der Waals surface area contributed by atoms with Crippen LogP contribution in [0.3, 0.4) is 0 Å². The van der Waals surface area contributed by atoms with E-state index in [4.69, 9.17) is 0 Å². The smallest absolute Gasteiger partial charge is 0.298 e. The van der Waals surface area contributed by atoms with Gasteiger partial charge >= 0.3 is 6.03 Å². The summed E-state index contributed by atoms with van der Waals surface area (Å²) in [7, 11) is 0. The molecule has 3 amide bonds. The third-order valence-corrected chi connectivity index (χ3v) is 3.31. The number of urea groups is 1. The molecule has 0 aromatic heterocycles. The third-order valence-electron chi connectivity index (χ3n) is 3.31. The highest BCUT2D eigenvalue weighted by Crippen LogP contribution is 2.28. The van der Waals surface area contributed by atoms with Gasteiger partial charge in [-0.05, 0) is 29.2 Å². The lowest BCUT2D eigenvalue weighted by Crippen LogP contribution is -2.49. The molecule has 1 aromatic carbocycles. The van der Waals surface area contributed by atoms with Crippen molar-refractivity contribution in [1.82, 2.24) is 5.32 Å². The highest BCUT2D eigenvalue weighted by atomic mass is 16.2. The minimum absolute atomic E-state index is 0.129. The van der Waals surface area contributed by atoms with Crippen LogP contribution in [0.2, 0.25) is 0 Å². The van der Waals surface area contributed by atoms with Crippen molar-refractivity contribution >= 4 is 23.9 Å². The van der Waals surface area contributed by atoms with E-state index in [2.05, 4.69) is 5.32 Å². The molecule has 0 aliphatic carbocycles. The van der Waals surface area contributed by atoms with Gasteiger partial charge in [-0.2, -0.15) is 0 Å². The lowest BCUT2D eigenvalue weighted by Gasteiger charge is -2.28. The lowest BCUT2D eigenvalue weighted by molar-refractivity contribution is -0.120. The molecule has 5 heteroatoms. The number of rotatable bonds is 2. The first-order valence-corrected chi connectivity index (χ1v) is 6.53. The normalized spacial score (nSPS) is 16.1. The van der Waals surface area contributed by atoms with Crippen LogP contribution in [0.15, 0.2) is 18.2 Å². The molecule has 0 radical (unpaired) electrons. The maximum absolute atomic E-state index is 11.9. The molecule has 0 bridgehead atoms. The molecule has 1 N–H and O–H groups in total. The number of imide groups is 1. The molecule has 0 unspecified atom stereocenters. The molecule has 20 heavy (non-hydrogen) atoms. The predicted octanol–water partition coefficient (Wildman–Crippen LogP) is 2.24. The molecular formula is C15H18N2O3. The van der Waals surface area contributed by atoms with E-state index in [9.17, 15) is 14.4 Å². The number of anilines is 1. The predicted molar refractivity (Wildman–Crippen MR) is 76.0 cm³/mol. The molecule has 1 aromatic rings. The van der Waals surface area contributed by atoms with E-state index in [1.807, 2.05) is 32.9 Å². The topological polar surface area (TPSA) is 66.5 Å². The Morgan fingerprint density at radius 1 is 1.20 bits per heavy atom. The summed E-state index contributed by atoms with van der Waals surface area (Å²) in [6, 6.07) is 4.94. The molecule has 2 rings (SSSR count). The Bertz CT molecular complexity index is 573. The van der Waals surface area contributed by atoms with E-state index in [1.165, 1.54) is 4.90 Å². The van der Waals surface area contributed by atoms with Crippen LogP contribution < -0.4 is 10.2 Å². The number of hydrogen-bond donors (Lipinski definition) is 1. The van der Waals surface area contributed by atoms with Gasteiger partial charge in [-0.1, -0.05) is 20.8 Å². The summed E-state index contributed by atoms with van der Waals surface area (Å²) in [6.07, 6.45) is 1.04. The van der Waals surface area contributed by atoms with Crippen LogP contribution in [0, 0.1) is 0 Å². The first-order chi connectivity index (χ1) is 9.31. The summed E-state index contributed by atoms with van der Waals surface area (Å²) >= 11 is 0. The molecule has 1 aliphatic heterocycles. The maximum Gasteiger partial charge on any atom is 0.328 e. The number of carbonyl (C=O) groups excluding carboxylic acids is 3. The molecule has 0 spiro atoms. The minimum Gasteiger partial charge on any atom is -0.298 e. The second-order valence-electron chi connectivity index (χ2n) is 5.94. The monoisotopic (exact) mass is 274 g/mol. The van der Waals surface area contributed by atoms with Crippen molar-refractivity contribution in [3.8, 4) is 0 Å². The third kappa shape index (κ3) is 2.87. The minimum atomic E-state index is -0.441. The molecular weight excluding hydrogens is 256 g/mol. The van der Waals surface area contributed by atoms with Crippen LogP contribution >= 0.6 is 0 Å². The zero-order chi connectivity index (χ0) is 14.9.